The van der Waals surface area contributed by atoms with E-state index in [2.05, 4.69) is 25.0 Å². The molecule has 0 bridgehead atoms. The summed E-state index contributed by atoms with van der Waals surface area (Å²) in [5.41, 5.74) is 3.31. The van der Waals surface area contributed by atoms with Gasteiger partial charge in [0.2, 0.25) is 5.95 Å². The van der Waals surface area contributed by atoms with Gasteiger partial charge in [-0.3, -0.25) is 10.00 Å². The summed E-state index contributed by atoms with van der Waals surface area (Å²) >= 11 is 0. The van der Waals surface area contributed by atoms with Crippen molar-refractivity contribution in [3.05, 3.63) is 59.6 Å². The Morgan fingerprint density at radius 2 is 1.94 bits per heavy atom. The Hall–Kier alpha value is -2.87. The molecule has 2 aliphatic rings. The van der Waals surface area contributed by atoms with Gasteiger partial charge in [-0.2, -0.15) is 5.10 Å². The third kappa shape index (κ3) is 4.17. The van der Waals surface area contributed by atoms with E-state index in [-0.39, 0.29) is 5.92 Å². The van der Waals surface area contributed by atoms with Crippen LogP contribution >= 0.6 is 0 Å². The Morgan fingerprint density at radius 1 is 1.06 bits per heavy atom. The fourth-order valence-electron chi connectivity index (χ4n) is 4.73. The minimum Gasteiger partial charge on any atom is -0.341 e. The number of likely N-dealkylation sites (tertiary alicyclic amines) is 1. The topological polar surface area (TPSA) is 60.9 Å². The first-order valence-electron chi connectivity index (χ1n) is 11.0. The summed E-state index contributed by atoms with van der Waals surface area (Å²) in [5, 5.41) is 7.49. The number of aromatic nitrogens is 4. The van der Waals surface area contributed by atoms with Gasteiger partial charge in [0.05, 0.1) is 11.9 Å². The largest absolute Gasteiger partial charge is 0.341 e. The van der Waals surface area contributed by atoms with Crippen LogP contribution in [0.2, 0.25) is 0 Å². The highest BCUT2D eigenvalue weighted by molar-refractivity contribution is 5.63. The van der Waals surface area contributed by atoms with Crippen molar-refractivity contribution in [3.8, 4) is 11.3 Å². The molecule has 1 N–H and O–H groups in total. The predicted octanol–water partition coefficient (Wildman–Crippen LogP) is 4.12. The van der Waals surface area contributed by atoms with Crippen molar-refractivity contribution in [2.75, 3.05) is 31.1 Å². The third-order valence-electron chi connectivity index (χ3n) is 6.32. The van der Waals surface area contributed by atoms with E-state index >= 15 is 0 Å². The van der Waals surface area contributed by atoms with Crippen molar-refractivity contribution in [1.82, 2.24) is 25.1 Å². The summed E-state index contributed by atoms with van der Waals surface area (Å²) in [5.74, 6) is -0.538. The summed E-state index contributed by atoms with van der Waals surface area (Å²) in [7, 11) is 0. The second kappa shape index (κ2) is 8.70. The molecule has 2 fully saturated rings. The van der Waals surface area contributed by atoms with Gasteiger partial charge in [-0.1, -0.05) is 12.1 Å². The van der Waals surface area contributed by atoms with Gasteiger partial charge in [0.15, 0.2) is 11.6 Å². The van der Waals surface area contributed by atoms with Crippen LogP contribution in [-0.2, 0) is 6.54 Å². The molecule has 8 heteroatoms. The van der Waals surface area contributed by atoms with Crippen molar-refractivity contribution in [2.24, 2.45) is 0 Å². The van der Waals surface area contributed by atoms with Gasteiger partial charge in [0, 0.05) is 55.1 Å². The fourth-order valence-corrected chi connectivity index (χ4v) is 4.73. The van der Waals surface area contributed by atoms with E-state index in [1.54, 1.807) is 12.1 Å². The first-order chi connectivity index (χ1) is 15.2. The lowest BCUT2D eigenvalue weighted by Crippen LogP contribution is -2.34. The van der Waals surface area contributed by atoms with Crippen LogP contribution in [0.1, 0.15) is 42.9 Å². The van der Waals surface area contributed by atoms with Crippen LogP contribution in [0, 0.1) is 11.6 Å². The van der Waals surface area contributed by atoms with Crippen LogP contribution < -0.4 is 4.90 Å². The Kier molecular flexibility index (Phi) is 5.63. The number of halogens is 2. The van der Waals surface area contributed by atoms with Gasteiger partial charge in [-0.25, -0.2) is 18.7 Å². The number of nitrogens with zero attached hydrogens (tertiary/aromatic N) is 5. The Balaban J connectivity index is 1.35. The molecule has 6 nitrogen and oxygen atoms in total. The predicted molar refractivity (Wildman–Crippen MR) is 115 cm³/mol. The smallest absolute Gasteiger partial charge is 0.225 e. The second-order valence-electron chi connectivity index (χ2n) is 8.42. The number of piperidine rings is 1. The van der Waals surface area contributed by atoms with Gasteiger partial charge < -0.3 is 4.90 Å². The number of aromatic amines is 1. The van der Waals surface area contributed by atoms with E-state index in [1.807, 2.05) is 18.5 Å². The molecule has 0 radical (unpaired) electrons. The maximum atomic E-state index is 14.1. The number of rotatable bonds is 5. The summed E-state index contributed by atoms with van der Waals surface area (Å²) in [6, 6.07) is 6.31. The highest BCUT2D eigenvalue weighted by Gasteiger charge is 2.27. The molecule has 2 saturated heterocycles. The number of nitrogens with one attached hydrogen (secondary N) is 1. The molecule has 0 amide bonds. The SMILES string of the molecule is Fc1cccc(CN2CCCC(c3[nH]ncc3-c3ccnc(N4CCCC4)n3)C2)c1F. The second-order valence-corrected chi connectivity index (χ2v) is 8.42. The van der Waals surface area contributed by atoms with E-state index in [9.17, 15) is 8.78 Å². The lowest BCUT2D eigenvalue weighted by atomic mass is 9.91. The molecule has 4 heterocycles. The van der Waals surface area contributed by atoms with Gasteiger partial charge in [-0.15, -0.1) is 0 Å². The van der Waals surface area contributed by atoms with Gasteiger partial charge >= 0.3 is 0 Å². The van der Waals surface area contributed by atoms with Gasteiger partial charge in [-0.05, 0) is 44.4 Å². The van der Waals surface area contributed by atoms with Crippen molar-refractivity contribution in [3.63, 3.8) is 0 Å². The van der Waals surface area contributed by atoms with Crippen LogP contribution in [0.15, 0.2) is 36.7 Å². The molecule has 2 aliphatic heterocycles. The molecule has 0 saturated carbocycles. The van der Waals surface area contributed by atoms with Crippen molar-refractivity contribution >= 4 is 5.95 Å². The van der Waals surface area contributed by atoms with E-state index in [4.69, 9.17) is 4.98 Å². The zero-order valence-corrected chi connectivity index (χ0v) is 17.4. The molecule has 0 spiro atoms. The zero-order chi connectivity index (χ0) is 21.2. The van der Waals surface area contributed by atoms with Crippen molar-refractivity contribution < 1.29 is 8.78 Å². The van der Waals surface area contributed by atoms with Gasteiger partial charge in [0.1, 0.15) is 0 Å². The van der Waals surface area contributed by atoms with Gasteiger partial charge in [0.25, 0.3) is 0 Å². The van der Waals surface area contributed by atoms with Crippen molar-refractivity contribution in [2.45, 2.75) is 38.1 Å². The molecule has 1 atom stereocenters. The molecule has 162 valence electrons. The molecule has 3 aromatic rings. The van der Waals surface area contributed by atoms with E-state index in [0.29, 0.717) is 12.1 Å². The number of hydrogen-bond donors (Lipinski definition) is 1. The molecule has 5 rings (SSSR count). The minimum absolute atomic E-state index is 0.230. The summed E-state index contributed by atoms with van der Waals surface area (Å²) < 4.78 is 27.7. The molecule has 1 aromatic carbocycles. The molecular weight excluding hydrogens is 398 g/mol. The standard InChI is InChI=1S/C23H26F2N6/c24-19-7-3-5-16(21(19)25)14-30-10-4-6-17(15-30)22-18(13-27-29-22)20-8-9-26-23(28-20)31-11-1-2-12-31/h3,5,7-9,13,17H,1-2,4,6,10-12,14-15H2,(H,27,29). The monoisotopic (exact) mass is 424 g/mol. The third-order valence-corrected chi connectivity index (χ3v) is 6.32. The summed E-state index contributed by atoms with van der Waals surface area (Å²) in [4.78, 5) is 13.7. The van der Waals surface area contributed by atoms with E-state index in [0.717, 1.165) is 68.0 Å². The Bertz CT molecular complexity index is 1050. The van der Waals surface area contributed by atoms with E-state index < -0.39 is 11.6 Å². The lowest BCUT2D eigenvalue weighted by molar-refractivity contribution is 0.196. The molecule has 1 unspecified atom stereocenters. The minimum atomic E-state index is -0.792. The van der Waals surface area contributed by atoms with E-state index in [1.165, 1.54) is 12.8 Å². The Labute approximate surface area is 180 Å². The zero-order valence-electron chi connectivity index (χ0n) is 17.4. The lowest BCUT2D eigenvalue weighted by Gasteiger charge is -2.32. The van der Waals surface area contributed by atoms with Crippen LogP contribution in [0.4, 0.5) is 14.7 Å². The van der Waals surface area contributed by atoms with Crippen LogP contribution in [0.5, 0.6) is 0 Å². The van der Waals surface area contributed by atoms with Crippen LogP contribution in [-0.4, -0.2) is 51.2 Å². The highest BCUT2D eigenvalue weighted by atomic mass is 19.2. The molecule has 0 aliphatic carbocycles. The first kappa shape index (κ1) is 20.1. The average Bonchev–Trinajstić information content (AvgIpc) is 3.50. The normalized spacial score (nSPS) is 19.8. The molecular formula is C23H26F2N6. The van der Waals surface area contributed by atoms with Crippen LogP contribution in [0.3, 0.4) is 0 Å². The fraction of sp³-hybridized carbons (Fsp3) is 0.435. The number of benzene rings is 1. The number of anilines is 1. The highest BCUT2D eigenvalue weighted by Crippen LogP contribution is 2.33. The Morgan fingerprint density at radius 3 is 2.81 bits per heavy atom. The summed E-state index contributed by atoms with van der Waals surface area (Å²) in [6.45, 7) is 4.01. The first-order valence-corrected chi connectivity index (χ1v) is 11.0. The van der Waals surface area contributed by atoms with Crippen molar-refractivity contribution in [1.29, 1.82) is 0 Å². The molecule has 2 aromatic heterocycles. The number of H-pyrrole nitrogens is 1. The maximum Gasteiger partial charge on any atom is 0.225 e. The quantitative estimate of drug-likeness (QED) is 0.668. The maximum absolute atomic E-state index is 14.1. The summed E-state index contributed by atoms with van der Waals surface area (Å²) in [6.07, 6.45) is 8.00. The average molecular weight is 424 g/mol. The van der Waals surface area contributed by atoms with Crippen LogP contribution in [0.25, 0.3) is 11.3 Å². The molecule has 31 heavy (non-hydrogen) atoms. The number of hydrogen-bond acceptors (Lipinski definition) is 5.